The van der Waals surface area contributed by atoms with Crippen LogP contribution in [0.25, 0.3) is 0 Å². The van der Waals surface area contributed by atoms with Gasteiger partial charge in [0.05, 0.1) is 10.6 Å². The van der Waals surface area contributed by atoms with Crippen molar-refractivity contribution in [3.8, 4) is 0 Å². The van der Waals surface area contributed by atoms with E-state index in [1.54, 1.807) is 0 Å². The molecule has 1 unspecified atom stereocenters. The van der Waals surface area contributed by atoms with E-state index in [-0.39, 0.29) is 0 Å². The van der Waals surface area contributed by atoms with Crippen molar-refractivity contribution in [2.24, 2.45) is 0 Å². The Kier molecular flexibility index (Phi) is 1.43. The average Bonchev–Trinajstić information content (AvgIpc) is 2.44. The normalized spacial score (nSPS) is 23.1. The van der Waals surface area contributed by atoms with Crippen molar-refractivity contribution in [2.45, 2.75) is 18.9 Å². The van der Waals surface area contributed by atoms with Crippen molar-refractivity contribution in [1.29, 1.82) is 0 Å². The van der Waals surface area contributed by atoms with Gasteiger partial charge in [0.25, 0.3) is 0 Å². The lowest BCUT2D eigenvalue weighted by molar-refractivity contribution is 0.596. The van der Waals surface area contributed by atoms with Crippen LogP contribution in [-0.2, 0) is 6.42 Å². The SMILES string of the molecule is CNC1CCc2nnsc21. The van der Waals surface area contributed by atoms with Gasteiger partial charge in [0, 0.05) is 6.04 Å². The zero-order valence-corrected chi connectivity index (χ0v) is 6.61. The Hall–Kier alpha value is -0.480. The molecule has 1 aromatic heterocycles. The molecule has 10 heavy (non-hydrogen) atoms. The number of nitrogens with one attached hydrogen (secondary N) is 1. The van der Waals surface area contributed by atoms with Gasteiger partial charge >= 0.3 is 0 Å². The molecule has 0 amide bonds. The second kappa shape index (κ2) is 2.29. The molecule has 0 saturated carbocycles. The van der Waals surface area contributed by atoms with Crippen molar-refractivity contribution in [3.05, 3.63) is 10.6 Å². The number of aromatic nitrogens is 2. The molecule has 0 radical (unpaired) electrons. The van der Waals surface area contributed by atoms with E-state index >= 15 is 0 Å². The average molecular weight is 155 g/mol. The number of nitrogens with zero attached hydrogens (tertiary/aromatic N) is 2. The zero-order chi connectivity index (χ0) is 6.97. The second-order valence-corrected chi connectivity index (χ2v) is 3.25. The third-order valence-electron chi connectivity index (χ3n) is 1.92. The highest BCUT2D eigenvalue weighted by atomic mass is 32.1. The van der Waals surface area contributed by atoms with Gasteiger partial charge in [-0.25, -0.2) is 0 Å². The first-order valence-electron chi connectivity index (χ1n) is 3.40. The number of hydrogen-bond donors (Lipinski definition) is 1. The number of fused-ring (bicyclic) bond motifs is 1. The zero-order valence-electron chi connectivity index (χ0n) is 5.79. The summed E-state index contributed by atoms with van der Waals surface area (Å²) in [5.74, 6) is 0. The molecule has 0 aliphatic heterocycles. The molecule has 1 aliphatic rings. The van der Waals surface area contributed by atoms with E-state index in [9.17, 15) is 0 Å². The van der Waals surface area contributed by atoms with Crippen LogP contribution in [0.3, 0.4) is 0 Å². The predicted octanol–water partition coefficient (Wildman–Crippen LogP) is 0.745. The molecule has 1 atom stereocenters. The smallest absolute Gasteiger partial charge is 0.0804 e. The molecule has 0 spiro atoms. The van der Waals surface area contributed by atoms with Crippen LogP contribution >= 0.6 is 11.5 Å². The lowest BCUT2D eigenvalue weighted by Gasteiger charge is -2.04. The highest BCUT2D eigenvalue weighted by Crippen LogP contribution is 2.31. The maximum Gasteiger partial charge on any atom is 0.0804 e. The van der Waals surface area contributed by atoms with E-state index < -0.39 is 0 Å². The first-order valence-corrected chi connectivity index (χ1v) is 4.17. The van der Waals surface area contributed by atoms with Gasteiger partial charge < -0.3 is 5.32 Å². The van der Waals surface area contributed by atoms with Gasteiger partial charge in [-0.3, -0.25) is 0 Å². The first-order chi connectivity index (χ1) is 4.92. The quantitative estimate of drug-likeness (QED) is 0.650. The van der Waals surface area contributed by atoms with Gasteiger partial charge in [0.15, 0.2) is 0 Å². The Morgan fingerprint density at radius 3 is 3.40 bits per heavy atom. The van der Waals surface area contributed by atoms with Crippen molar-refractivity contribution in [2.75, 3.05) is 7.05 Å². The summed E-state index contributed by atoms with van der Waals surface area (Å²) in [6.45, 7) is 0. The Balaban J connectivity index is 2.34. The number of rotatable bonds is 1. The first kappa shape index (κ1) is 6.24. The van der Waals surface area contributed by atoms with Gasteiger partial charge in [-0.1, -0.05) is 4.49 Å². The third-order valence-corrected chi connectivity index (χ3v) is 2.80. The van der Waals surface area contributed by atoms with Crippen molar-refractivity contribution >= 4 is 11.5 Å². The molecule has 0 saturated heterocycles. The largest absolute Gasteiger partial charge is 0.312 e. The topological polar surface area (TPSA) is 37.8 Å². The number of hydrogen-bond acceptors (Lipinski definition) is 4. The fraction of sp³-hybridized carbons (Fsp3) is 0.667. The predicted molar refractivity (Wildman–Crippen MR) is 40.0 cm³/mol. The van der Waals surface area contributed by atoms with Gasteiger partial charge in [-0.15, -0.1) is 5.10 Å². The molecule has 0 bridgehead atoms. The Morgan fingerprint density at radius 2 is 2.60 bits per heavy atom. The van der Waals surface area contributed by atoms with Gasteiger partial charge in [-0.05, 0) is 31.4 Å². The molecule has 1 heterocycles. The van der Waals surface area contributed by atoms with E-state index in [2.05, 4.69) is 14.9 Å². The summed E-state index contributed by atoms with van der Waals surface area (Å²) in [4.78, 5) is 1.34. The molecule has 1 aromatic rings. The minimum Gasteiger partial charge on any atom is -0.312 e. The van der Waals surface area contributed by atoms with E-state index in [4.69, 9.17) is 0 Å². The molecule has 0 aromatic carbocycles. The highest BCUT2D eigenvalue weighted by molar-refractivity contribution is 7.05. The molecule has 2 rings (SSSR count). The van der Waals surface area contributed by atoms with Gasteiger partial charge in [0.2, 0.25) is 0 Å². The number of aryl methyl sites for hydroxylation is 1. The molecular formula is C6H9N3S. The van der Waals surface area contributed by atoms with E-state index in [0.717, 1.165) is 6.42 Å². The highest BCUT2D eigenvalue weighted by Gasteiger charge is 2.24. The van der Waals surface area contributed by atoms with Crippen molar-refractivity contribution < 1.29 is 0 Å². The van der Waals surface area contributed by atoms with Crippen LogP contribution in [0.2, 0.25) is 0 Å². The molecule has 1 N–H and O–H groups in total. The maximum atomic E-state index is 4.02. The van der Waals surface area contributed by atoms with Crippen molar-refractivity contribution in [3.63, 3.8) is 0 Å². The molecule has 0 fully saturated rings. The summed E-state index contributed by atoms with van der Waals surface area (Å²) >= 11 is 1.52. The summed E-state index contributed by atoms with van der Waals surface area (Å²) in [7, 11) is 1.99. The Morgan fingerprint density at radius 1 is 1.70 bits per heavy atom. The minimum atomic E-state index is 0.523. The minimum absolute atomic E-state index is 0.523. The van der Waals surface area contributed by atoms with Crippen molar-refractivity contribution in [1.82, 2.24) is 14.9 Å². The monoisotopic (exact) mass is 155 g/mol. The lowest BCUT2D eigenvalue weighted by Crippen LogP contribution is -2.11. The van der Waals surface area contributed by atoms with Crippen LogP contribution in [0.5, 0.6) is 0 Å². The van der Waals surface area contributed by atoms with Gasteiger partial charge in [0.1, 0.15) is 0 Å². The van der Waals surface area contributed by atoms with Crippen LogP contribution in [0.1, 0.15) is 23.0 Å². The van der Waals surface area contributed by atoms with Crippen LogP contribution in [0, 0.1) is 0 Å². The van der Waals surface area contributed by atoms with E-state index in [0.29, 0.717) is 6.04 Å². The fourth-order valence-corrected chi connectivity index (χ4v) is 2.18. The standard InChI is InChI=1S/C6H9N3S/c1-7-4-2-3-5-6(4)10-9-8-5/h4,7H,2-3H2,1H3. The van der Waals surface area contributed by atoms with Crippen LogP contribution < -0.4 is 5.32 Å². The Bertz CT molecular complexity index is 233. The van der Waals surface area contributed by atoms with Gasteiger partial charge in [-0.2, -0.15) is 0 Å². The van der Waals surface area contributed by atoms with Crippen LogP contribution in [-0.4, -0.2) is 16.6 Å². The van der Waals surface area contributed by atoms with Crippen LogP contribution in [0.4, 0.5) is 0 Å². The molecule has 3 nitrogen and oxygen atoms in total. The molecule has 54 valence electrons. The molecule has 1 aliphatic carbocycles. The van der Waals surface area contributed by atoms with E-state index in [1.165, 1.54) is 28.5 Å². The Labute approximate surface area is 63.6 Å². The molecule has 4 heteroatoms. The summed E-state index contributed by atoms with van der Waals surface area (Å²) in [6.07, 6.45) is 2.28. The summed E-state index contributed by atoms with van der Waals surface area (Å²) < 4.78 is 3.89. The summed E-state index contributed by atoms with van der Waals surface area (Å²) in [5, 5.41) is 7.26. The maximum absolute atomic E-state index is 4.02. The third kappa shape index (κ3) is 0.759. The lowest BCUT2D eigenvalue weighted by atomic mass is 10.3. The molecular weight excluding hydrogens is 146 g/mol. The second-order valence-electron chi connectivity index (χ2n) is 2.46. The summed E-state index contributed by atoms with van der Waals surface area (Å²) in [5.41, 5.74) is 1.20. The van der Waals surface area contributed by atoms with Crippen LogP contribution in [0.15, 0.2) is 0 Å². The fourth-order valence-electron chi connectivity index (χ4n) is 1.34. The summed E-state index contributed by atoms with van der Waals surface area (Å²) in [6, 6.07) is 0.523. The van der Waals surface area contributed by atoms with E-state index in [1.807, 2.05) is 7.05 Å².